The van der Waals surface area contributed by atoms with Crippen LogP contribution in [0, 0.1) is 5.82 Å². The van der Waals surface area contributed by atoms with E-state index in [1.165, 1.54) is 16.6 Å². The topological polar surface area (TPSA) is 79.5 Å². The van der Waals surface area contributed by atoms with Gasteiger partial charge in [-0.05, 0) is 38.1 Å². The third-order valence-electron chi connectivity index (χ3n) is 3.57. The molecule has 21 heavy (non-hydrogen) atoms. The van der Waals surface area contributed by atoms with Crippen LogP contribution in [0.3, 0.4) is 0 Å². The standard InChI is InChI=1S/C13H21FN4O2S/c14-12-4-3-6-16-13(12)21(19,20)18-10-8-17(9-11-18)7-2-1-5-15/h3-4,6H,1-2,5,7-11,15H2. The van der Waals surface area contributed by atoms with Crippen LogP contribution < -0.4 is 5.73 Å². The number of hydrogen-bond donors (Lipinski definition) is 1. The van der Waals surface area contributed by atoms with Gasteiger partial charge in [-0.1, -0.05) is 0 Å². The summed E-state index contributed by atoms with van der Waals surface area (Å²) in [5.74, 6) is -0.803. The van der Waals surface area contributed by atoms with Gasteiger partial charge >= 0.3 is 0 Å². The summed E-state index contributed by atoms with van der Waals surface area (Å²) in [5.41, 5.74) is 5.45. The summed E-state index contributed by atoms with van der Waals surface area (Å²) in [7, 11) is -3.84. The smallest absolute Gasteiger partial charge is 0.263 e. The quantitative estimate of drug-likeness (QED) is 0.762. The van der Waals surface area contributed by atoms with E-state index in [2.05, 4.69) is 9.88 Å². The molecule has 6 nitrogen and oxygen atoms in total. The molecule has 0 aromatic carbocycles. The van der Waals surface area contributed by atoms with Crippen LogP contribution in [-0.2, 0) is 10.0 Å². The van der Waals surface area contributed by atoms with Crippen molar-refractivity contribution in [2.24, 2.45) is 5.73 Å². The van der Waals surface area contributed by atoms with E-state index in [9.17, 15) is 12.8 Å². The van der Waals surface area contributed by atoms with Gasteiger partial charge in [-0.3, -0.25) is 0 Å². The van der Waals surface area contributed by atoms with E-state index in [1.54, 1.807) is 0 Å². The fourth-order valence-electron chi connectivity index (χ4n) is 2.36. The lowest BCUT2D eigenvalue weighted by Crippen LogP contribution is -2.49. The van der Waals surface area contributed by atoms with Crippen LogP contribution in [0.5, 0.6) is 0 Å². The molecule has 0 bridgehead atoms. The Bertz CT molecular complexity index is 559. The van der Waals surface area contributed by atoms with Gasteiger partial charge in [-0.15, -0.1) is 0 Å². The molecular formula is C13H21FN4O2S. The monoisotopic (exact) mass is 316 g/mol. The molecule has 0 unspecified atom stereocenters. The summed E-state index contributed by atoms with van der Waals surface area (Å²) in [4.78, 5) is 5.88. The van der Waals surface area contributed by atoms with E-state index < -0.39 is 20.9 Å². The third-order valence-corrected chi connectivity index (χ3v) is 5.40. The second-order valence-corrected chi connectivity index (χ2v) is 6.89. The molecule has 0 atom stereocenters. The van der Waals surface area contributed by atoms with E-state index in [-0.39, 0.29) is 0 Å². The lowest BCUT2D eigenvalue weighted by atomic mass is 10.2. The second kappa shape index (κ2) is 7.26. The highest BCUT2D eigenvalue weighted by atomic mass is 32.2. The molecular weight excluding hydrogens is 295 g/mol. The number of rotatable bonds is 6. The number of unbranched alkanes of at least 4 members (excludes halogenated alkanes) is 1. The average molecular weight is 316 g/mol. The van der Waals surface area contributed by atoms with E-state index in [0.717, 1.165) is 25.5 Å². The Morgan fingerprint density at radius 2 is 1.95 bits per heavy atom. The number of sulfonamides is 1. The molecule has 0 aliphatic carbocycles. The fourth-order valence-corrected chi connectivity index (χ4v) is 3.75. The van der Waals surface area contributed by atoms with Gasteiger partial charge in [0.25, 0.3) is 10.0 Å². The Hall–Kier alpha value is -1.09. The molecule has 0 amide bonds. The Balaban J connectivity index is 1.97. The lowest BCUT2D eigenvalue weighted by molar-refractivity contribution is 0.185. The number of hydrogen-bond acceptors (Lipinski definition) is 5. The van der Waals surface area contributed by atoms with Gasteiger partial charge in [0.15, 0.2) is 5.82 Å². The van der Waals surface area contributed by atoms with Crippen molar-refractivity contribution in [3.05, 3.63) is 24.1 Å². The van der Waals surface area contributed by atoms with Crippen molar-refractivity contribution >= 4 is 10.0 Å². The van der Waals surface area contributed by atoms with Gasteiger partial charge in [-0.25, -0.2) is 17.8 Å². The molecule has 1 saturated heterocycles. The zero-order valence-corrected chi connectivity index (χ0v) is 12.7. The first-order valence-electron chi connectivity index (χ1n) is 7.09. The molecule has 1 aliphatic rings. The van der Waals surface area contributed by atoms with Crippen LogP contribution in [0.1, 0.15) is 12.8 Å². The van der Waals surface area contributed by atoms with Crippen LogP contribution in [0.2, 0.25) is 0 Å². The van der Waals surface area contributed by atoms with Crippen molar-refractivity contribution < 1.29 is 12.8 Å². The SMILES string of the molecule is NCCCCN1CCN(S(=O)(=O)c2ncccc2F)CC1. The summed E-state index contributed by atoms with van der Waals surface area (Å²) in [6.07, 6.45) is 3.27. The van der Waals surface area contributed by atoms with Gasteiger partial charge in [0.2, 0.25) is 5.03 Å². The zero-order chi connectivity index (χ0) is 15.3. The average Bonchev–Trinajstić information content (AvgIpc) is 2.48. The highest BCUT2D eigenvalue weighted by Gasteiger charge is 2.31. The number of pyridine rings is 1. The zero-order valence-electron chi connectivity index (χ0n) is 11.9. The largest absolute Gasteiger partial charge is 0.330 e. The maximum Gasteiger partial charge on any atom is 0.263 e. The highest BCUT2D eigenvalue weighted by molar-refractivity contribution is 7.89. The second-order valence-electron chi connectivity index (χ2n) is 5.03. The van der Waals surface area contributed by atoms with E-state index in [0.29, 0.717) is 32.7 Å². The molecule has 1 aromatic rings. The number of nitrogens with two attached hydrogens (primary N) is 1. The van der Waals surface area contributed by atoms with Crippen LogP contribution in [0.4, 0.5) is 4.39 Å². The van der Waals surface area contributed by atoms with E-state index >= 15 is 0 Å². The first-order chi connectivity index (χ1) is 10.1. The van der Waals surface area contributed by atoms with Gasteiger partial charge < -0.3 is 10.6 Å². The summed E-state index contributed by atoms with van der Waals surface area (Å²) in [6.45, 7) is 3.62. The summed E-state index contributed by atoms with van der Waals surface area (Å²) < 4.78 is 39.7. The molecule has 0 radical (unpaired) electrons. The van der Waals surface area contributed by atoms with Crippen molar-refractivity contribution in [2.45, 2.75) is 17.9 Å². The van der Waals surface area contributed by atoms with Gasteiger partial charge in [0, 0.05) is 32.4 Å². The van der Waals surface area contributed by atoms with Crippen molar-refractivity contribution in [3.8, 4) is 0 Å². The molecule has 1 fully saturated rings. The molecule has 0 spiro atoms. The molecule has 118 valence electrons. The molecule has 1 aromatic heterocycles. The van der Waals surface area contributed by atoms with Crippen molar-refractivity contribution in [1.29, 1.82) is 0 Å². The predicted octanol–water partition coefficient (Wildman–Crippen LogP) is 0.266. The number of halogens is 1. The van der Waals surface area contributed by atoms with Crippen molar-refractivity contribution in [3.63, 3.8) is 0 Å². The molecule has 2 N–H and O–H groups in total. The Labute approximate surface area is 124 Å². The first-order valence-corrected chi connectivity index (χ1v) is 8.53. The Kier molecular flexibility index (Phi) is 5.63. The van der Waals surface area contributed by atoms with Crippen molar-refractivity contribution in [2.75, 3.05) is 39.3 Å². The summed E-state index contributed by atoms with van der Waals surface area (Å²) in [6, 6.07) is 2.49. The van der Waals surface area contributed by atoms with E-state index in [1.807, 2.05) is 0 Å². The number of aromatic nitrogens is 1. The van der Waals surface area contributed by atoms with Crippen LogP contribution >= 0.6 is 0 Å². The van der Waals surface area contributed by atoms with Gasteiger partial charge in [0.1, 0.15) is 0 Å². The van der Waals surface area contributed by atoms with Crippen LogP contribution in [-0.4, -0.2) is 61.9 Å². The predicted molar refractivity (Wildman–Crippen MR) is 77.7 cm³/mol. The minimum atomic E-state index is -3.84. The fraction of sp³-hybridized carbons (Fsp3) is 0.615. The number of nitrogens with zero attached hydrogens (tertiary/aromatic N) is 3. The normalized spacial score (nSPS) is 18.0. The molecule has 1 aliphatic heterocycles. The van der Waals surface area contributed by atoms with Gasteiger partial charge in [-0.2, -0.15) is 4.31 Å². The summed E-state index contributed by atoms with van der Waals surface area (Å²) in [5, 5.41) is -0.485. The van der Waals surface area contributed by atoms with Gasteiger partial charge in [0.05, 0.1) is 0 Å². The Morgan fingerprint density at radius 1 is 1.24 bits per heavy atom. The van der Waals surface area contributed by atoms with Crippen molar-refractivity contribution in [1.82, 2.24) is 14.2 Å². The number of piperazine rings is 1. The Morgan fingerprint density at radius 3 is 2.57 bits per heavy atom. The third kappa shape index (κ3) is 3.97. The molecule has 8 heteroatoms. The lowest BCUT2D eigenvalue weighted by Gasteiger charge is -2.33. The van der Waals surface area contributed by atoms with E-state index in [4.69, 9.17) is 5.73 Å². The first kappa shape index (κ1) is 16.3. The summed E-state index contributed by atoms with van der Waals surface area (Å²) >= 11 is 0. The highest BCUT2D eigenvalue weighted by Crippen LogP contribution is 2.18. The molecule has 2 heterocycles. The minimum absolute atomic E-state index is 0.362. The van der Waals surface area contributed by atoms with Crippen LogP contribution in [0.25, 0.3) is 0 Å². The molecule has 0 saturated carbocycles. The minimum Gasteiger partial charge on any atom is -0.330 e. The maximum atomic E-state index is 13.6. The maximum absolute atomic E-state index is 13.6. The molecule has 2 rings (SSSR count). The van der Waals surface area contributed by atoms with Crippen LogP contribution in [0.15, 0.2) is 23.4 Å².